The normalized spacial score (nSPS) is 17.0. The molecule has 0 unspecified atom stereocenters. The highest BCUT2D eigenvalue weighted by molar-refractivity contribution is 5.97. The fourth-order valence-corrected chi connectivity index (χ4v) is 3.14. The second-order valence-electron chi connectivity index (χ2n) is 6.31. The van der Waals surface area contributed by atoms with Crippen molar-refractivity contribution in [2.45, 2.75) is 24.8 Å². The zero-order chi connectivity index (χ0) is 15.0. The van der Waals surface area contributed by atoms with Gasteiger partial charge in [-0.25, -0.2) is 0 Å². The van der Waals surface area contributed by atoms with Gasteiger partial charge in [0, 0.05) is 30.1 Å². The number of aromatic nitrogens is 2. The molecule has 1 aliphatic carbocycles. The average Bonchev–Trinajstić information content (AvgIpc) is 2.88. The molecule has 0 saturated heterocycles. The van der Waals surface area contributed by atoms with E-state index in [4.69, 9.17) is 0 Å². The van der Waals surface area contributed by atoms with Gasteiger partial charge in [-0.2, -0.15) is 5.10 Å². The van der Waals surface area contributed by atoms with Crippen molar-refractivity contribution in [3.63, 3.8) is 0 Å². The molecule has 1 amide bonds. The topological polar surface area (TPSA) is 52.2 Å². The standard InChI is InChI=1S/C16H22N4O/c1-19(2)16(7-4-8-16)11-20(3)15(21)12-5-6-13-10-17-18-14(13)9-12/h5-6,9-10H,4,7-8,11H2,1-3H3,(H,17,18). The van der Waals surface area contributed by atoms with Gasteiger partial charge in [0.05, 0.1) is 11.7 Å². The fraction of sp³-hybridized carbons (Fsp3) is 0.500. The van der Waals surface area contributed by atoms with E-state index in [1.165, 1.54) is 6.42 Å². The van der Waals surface area contributed by atoms with Crippen LogP contribution in [-0.2, 0) is 0 Å². The molecule has 0 radical (unpaired) electrons. The summed E-state index contributed by atoms with van der Waals surface area (Å²) in [6, 6.07) is 5.69. The van der Waals surface area contributed by atoms with Crippen LogP contribution >= 0.6 is 0 Å². The van der Waals surface area contributed by atoms with Crippen molar-refractivity contribution in [2.75, 3.05) is 27.7 Å². The van der Waals surface area contributed by atoms with Gasteiger partial charge in [-0.1, -0.05) is 6.07 Å². The van der Waals surface area contributed by atoms with Gasteiger partial charge in [0.25, 0.3) is 5.91 Å². The molecule has 21 heavy (non-hydrogen) atoms. The lowest BCUT2D eigenvalue weighted by Crippen LogP contribution is -2.57. The quantitative estimate of drug-likeness (QED) is 0.936. The lowest BCUT2D eigenvalue weighted by atomic mass is 9.75. The van der Waals surface area contributed by atoms with Crippen molar-refractivity contribution in [3.8, 4) is 0 Å². The number of fused-ring (bicyclic) bond motifs is 1. The van der Waals surface area contributed by atoms with Crippen LogP contribution in [0.4, 0.5) is 0 Å². The van der Waals surface area contributed by atoms with E-state index in [1.807, 2.05) is 30.1 Å². The summed E-state index contributed by atoms with van der Waals surface area (Å²) in [5.41, 5.74) is 1.77. The van der Waals surface area contributed by atoms with E-state index in [1.54, 1.807) is 6.20 Å². The molecule has 1 aromatic carbocycles. The van der Waals surface area contributed by atoms with E-state index in [0.29, 0.717) is 5.56 Å². The molecule has 0 atom stereocenters. The second kappa shape index (κ2) is 5.15. The minimum atomic E-state index is 0.0691. The molecule has 3 rings (SSSR count). The molecule has 1 N–H and O–H groups in total. The highest BCUT2D eigenvalue weighted by Crippen LogP contribution is 2.36. The van der Waals surface area contributed by atoms with E-state index in [9.17, 15) is 4.79 Å². The molecule has 2 aromatic rings. The van der Waals surface area contributed by atoms with Crippen molar-refractivity contribution in [1.82, 2.24) is 20.0 Å². The molecule has 112 valence electrons. The molecule has 1 fully saturated rings. The summed E-state index contributed by atoms with van der Waals surface area (Å²) in [6.07, 6.45) is 5.34. The van der Waals surface area contributed by atoms with Crippen LogP contribution in [0.3, 0.4) is 0 Å². The van der Waals surface area contributed by atoms with Crippen molar-refractivity contribution in [3.05, 3.63) is 30.0 Å². The van der Waals surface area contributed by atoms with Crippen molar-refractivity contribution in [1.29, 1.82) is 0 Å². The predicted octanol–water partition coefficient (Wildman–Crippen LogP) is 2.12. The van der Waals surface area contributed by atoms with Crippen LogP contribution < -0.4 is 0 Å². The zero-order valence-corrected chi connectivity index (χ0v) is 12.9. The number of hydrogen-bond donors (Lipinski definition) is 1. The number of nitrogens with one attached hydrogen (secondary N) is 1. The zero-order valence-electron chi connectivity index (χ0n) is 12.9. The molecule has 0 bridgehead atoms. The monoisotopic (exact) mass is 286 g/mol. The van der Waals surface area contributed by atoms with Gasteiger partial charge in [-0.05, 0) is 45.5 Å². The Morgan fingerprint density at radius 3 is 2.71 bits per heavy atom. The minimum absolute atomic E-state index is 0.0691. The van der Waals surface area contributed by atoms with E-state index in [0.717, 1.165) is 30.3 Å². The third-order valence-electron chi connectivity index (χ3n) is 4.80. The Kier molecular flexibility index (Phi) is 3.45. The first-order chi connectivity index (χ1) is 10.0. The first-order valence-electron chi connectivity index (χ1n) is 7.38. The number of likely N-dealkylation sites (N-methyl/N-ethyl adjacent to an activating group) is 2. The van der Waals surface area contributed by atoms with Gasteiger partial charge in [-0.15, -0.1) is 0 Å². The van der Waals surface area contributed by atoms with E-state index in [2.05, 4.69) is 29.2 Å². The van der Waals surface area contributed by atoms with E-state index >= 15 is 0 Å². The predicted molar refractivity (Wildman–Crippen MR) is 83.3 cm³/mol. The van der Waals surface area contributed by atoms with Gasteiger partial charge >= 0.3 is 0 Å². The van der Waals surface area contributed by atoms with Gasteiger partial charge in [-0.3, -0.25) is 9.89 Å². The van der Waals surface area contributed by atoms with Gasteiger partial charge in [0.1, 0.15) is 0 Å². The number of amides is 1. The van der Waals surface area contributed by atoms with Gasteiger partial charge < -0.3 is 9.80 Å². The third kappa shape index (κ3) is 2.42. The second-order valence-corrected chi connectivity index (χ2v) is 6.31. The lowest BCUT2D eigenvalue weighted by molar-refractivity contribution is 0.0252. The lowest BCUT2D eigenvalue weighted by Gasteiger charge is -2.49. The summed E-state index contributed by atoms with van der Waals surface area (Å²) in [5, 5.41) is 7.93. The minimum Gasteiger partial charge on any atom is -0.340 e. The molecule has 0 spiro atoms. The van der Waals surface area contributed by atoms with Crippen LogP contribution in [0.1, 0.15) is 29.6 Å². The smallest absolute Gasteiger partial charge is 0.253 e. The number of hydrogen-bond acceptors (Lipinski definition) is 3. The molecule has 0 aliphatic heterocycles. The molecule has 1 saturated carbocycles. The highest BCUT2D eigenvalue weighted by atomic mass is 16.2. The molecular weight excluding hydrogens is 264 g/mol. The maximum Gasteiger partial charge on any atom is 0.253 e. The first kappa shape index (κ1) is 14.1. The Hall–Kier alpha value is -1.88. The summed E-state index contributed by atoms with van der Waals surface area (Å²) in [6.45, 7) is 0.778. The molecule has 1 aliphatic rings. The SMILES string of the molecule is CN(CC1(N(C)C)CCC1)C(=O)c1ccc2cn[nH]c2c1. The fourth-order valence-electron chi connectivity index (χ4n) is 3.14. The highest BCUT2D eigenvalue weighted by Gasteiger charge is 2.40. The first-order valence-corrected chi connectivity index (χ1v) is 7.38. The maximum atomic E-state index is 12.6. The van der Waals surface area contributed by atoms with Crippen molar-refractivity contribution >= 4 is 16.8 Å². The maximum absolute atomic E-state index is 12.6. The number of rotatable bonds is 4. The van der Waals surface area contributed by atoms with E-state index < -0.39 is 0 Å². The van der Waals surface area contributed by atoms with Crippen molar-refractivity contribution < 1.29 is 4.79 Å². The van der Waals surface area contributed by atoms with Crippen LogP contribution in [0.25, 0.3) is 10.9 Å². The van der Waals surface area contributed by atoms with Crippen LogP contribution in [-0.4, -0.2) is 59.1 Å². The largest absolute Gasteiger partial charge is 0.340 e. The summed E-state index contributed by atoms with van der Waals surface area (Å²) >= 11 is 0. The Bertz CT molecular complexity index is 657. The number of H-pyrrole nitrogens is 1. The molecule has 1 heterocycles. The average molecular weight is 286 g/mol. The van der Waals surface area contributed by atoms with Crippen LogP contribution in [0, 0.1) is 0 Å². The Balaban J connectivity index is 1.77. The number of benzene rings is 1. The number of carbonyl (C=O) groups is 1. The Morgan fingerprint density at radius 1 is 1.33 bits per heavy atom. The third-order valence-corrected chi connectivity index (χ3v) is 4.80. The number of aromatic amines is 1. The Morgan fingerprint density at radius 2 is 2.10 bits per heavy atom. The summed E-state index contributed by atoms with van der Waals surface area (Å²) < 4.78 is 0. The van der Waals surface area contributed by atoms with Gasteiger partial charge in [0.2, 0.25) is 0 Å². The molecule has 5 nitrogen and oxygen atoms in total. The summed E-state index contributed by atoms with van der Waals surface area (Å²) in [4.78, 5) is 16.7. The van der Waals surface area contributed by atoms with Crippen LogP contribution in [0.5, 0.6) is 0 Å². The molecule has 1 aromatic heterocycles. The van der Waals surface area contributed by atoms with E-state index in [-0.39, 0.29) is 11.4 Å². The number of carbonyl (C=O) groups excluding carboxylic acids is 1. The summed E-state index contributed by atoms with van der Waals surface area (Å²) in [7, 11) is 6.10. The molecule has 5 heteroatoms. The van der Waals surface area contributed by atoms with Gasteiger partial charge in [0.15, 0.2) is 0 Å². The van der Waals surface area contributed by atoms with Crippen LogP contribution in [0.2, 0.25) is 0 Å². The van der Waals surface area contributed by atoms with Crippen LogP contribution in [0.15, 0.2) is 24.4 Å². The summed E-state index contributed by atoms with van der Waals surface area (Å²) in [5.74, 6) is 0.0691. The Labute approximate surface area is 124 Å². The number of nitrogens with zero attached hydrogens (tertiary/aromatic N) is 3. The molecular formula is C16H22N4O. The van der Waals surface area contributed by atoms with Crippen molar-refractivity contribution in [2.24, 2.45) is 0 Å².